The minimum atomic E-state index is -3.55. The molecule has 0 spiro atoms. The number of anilines is 1. The Labute approximate surface area is 253 Å². The van der Waals surface area contributed by atoms with E-state index < -0.39 is 16.1 Å². The lowest BCUT2D eigenvalue weighted by Gasteiger charge is -2.32. The first-order chi connectivity index (χ1) is 19.6. The van der Waals surface area contributed by atoms with Gasteiger partial charge in [0.25, 0.3) is 0 Å². The fraction of sp³-hybridized carbons (Fsp3) is 0.375. The van der Waals surface area contributed by atoms with Gasteiger partial charge in [-0.2, -0.15) is 0 Å². The quantitative estimate of drug-likeness (QED) is 0.211. The number of rotatable bonds is 15. The number of carbonyl (C=O) groups excluding carboxylic acids is 2. The number of aryl methyl sites for hydroxylation is 1. The number of halogens is 1. The third-order valence-electron chi connectivity index (χ3n) is 6.78. The summed E-state index contributed by atoms with van der Waals surface area (Å²) in [5, 5.41) is 3.03. The summed E-state index contributed by atoms with van der Waals surface area (Å²) in [4.78, 5) is 29.1. The fourth-order valence-electron chi connectivity index (χ4n) is 4.68. The Morgan fingerprint density at radius 3 is 2.29 bits per heavy atom. The molecule has 9 heteroatoms. The average Bonchev–Trinajstić information content (AvgIpc) is 2.93. The number of nitrogens with one attached hydrogen (secondary N) is 1. The minimum absolute atomic E-state index is 0.0966. The van der Waals surface area contributed by atoms with Gasteiger partial charge in [0.1, 0.15) is 6.04 Å². The van der Waals surface area contributed by atoms with Gasteiger partial charge in [-0.1, -0.05) is 83.9 Å². The van der Waals surface area contributed by atoms with E-state index in [4.69, 9.17) is 0 Å². The van der Waals surface area contributed by atoms with Gasteiger partial charge in [0.05, 0.1) is 11.9 Å². The molecule has 1 N–H and O–H groups in total. The smallest absolute Gasteiger partial charge is 0.243 e. The van der Waals surface area contributed by atoms with Gasteiger partial charge in [-0.3, -0.25) is 13.9 Å². The van der Waals surface area contributed by atoms with Crippen molar-refractivity contribution in [3.63, 3.8) is 0 Å². The van der Waals surface area contributed by atoms with Crippen LogP contribution in [0.15, 0.2) is 83.3 Å². The topological polar surface area (TPSA) is 86.8 Å². The van der Waals surface area contributed by atoms with Crippen molar-refractivity contribution >= 4 is 43.5 Å². The van der Waals surface area contributed by atoms with Crippen molar-refractivity contribution in [1.82, 2.24) is 10.2 Å². The molecule has 41 heavy (non-hydrogen) atoms. The summed E-state index contributed by atoms with van der Waals surface area (Å²) < 4.78 is 27.5. The molecule has 220 valence electrons. The zero-order valence-electron chi connectivity index (χ0n) is 24.1. The predicted octanol–water partition coefficient (Wildman–Crippen LogP) is 5.86. The molecule has 0 unspecified atom stereocenters. The second-order valence-corrected chi connectivity index (χ2v) is 13.1. The summed E-state index contributed by atoms with van der Waals surface area (Å²) >= 11 is 3.51. The molecule has 0 aromatic heterocycles. The van der Waals surface area contributed by atoms with Crippen LogP contribution in [-0.2, 0) is 32.6 Å². The van der Waals surface area contributed by atoms with Crippen LogP contribution in [0.4, 0.5) is 5.69 Å². The van der Waals surface area contributed by atoms with Crippen LogP contribution < -0.4 is 9.62 Å². The molecule has 0 saturated heterocycles. The first kappa shape index (κ1) is 32.3. The van der Waals surface area contributed by atoms with Crippen LogP contribution in [0.5, 0.6) is 0 Å². The SMILES string of the molecule is CCCCNC(=O)[C@@H](Cc1ccccc1)N(Cc1cccc(Br)c1)C(=O)CCCN(c1cccc(C)c1)S(C)(=O)=O. The Bertz CT molecular complexity index is 1400. The van der Waals surface area contributed by atoms with Crippen LogP contribution in [-0.4, -0.2) is 50.5 Å². The van der Waals surface area contributed by atoms with E-state index in [9.17, 15) is 18.0 Å². The average molecular weight is 643 g/mol. The summed E-state index contributed by atoms with van der Waals surface area (Å²) in [6.45, 7) is 4.92. The second kappa shape index (κ2) is 15.7. The van der Waals surface area contributed by atoms with E-state index in [1.165, 1.54) is 10.6 Å². The van der Waals surface area contributed by atoms with E-state index >= 15 is 0 Å². The Kier molecular flexibility index (Phi) is 12.4. The monoisotopic (exact) mass is 641 g/mol. The number of nitrogens with zero attached hydrogens (tertiary/aromatic N) is 2. The van der Waals surface area contributed by atoms with E-state index in [1.807, 2.05) is 79.7 Å². The molecule has 0 aliphatic carbocycles. The Morgan fingerprint density at radius 2 is 1.63 bits per heavy atom. The van der Waals surface area contributed by atoms with Gasteiger partial charge in [-0.25, -0.2) is 8.42 Å². The number of amides is 2. The van der Waals surface area contributed by atoms with Crippen molar-refractivity contribution in [2.75, 3.05) is 23.7 Å². The van der Waals surface area contributed by atoms with Crippen LogP contribution >= 0.6 is 15.9 Å². The Hall–Kier alpha value is -3.17. The molecule has 7 nitrogen and oxygen atoms in total. The maximum absolute atomic E-state index is 13.9. The highest BCUT2D eigenvalue weighted by Crippen LogP contribution is 2.22. The summed E-state index contributed by atoms with van der Waals surface area (Å²) in [5.41, 5.74) is 3.37. The van der Waals surface area contributed by atoms with Crippen LogP contribution in [0.2, 0.25) is 0 Å². The van der Waals surface area contributed by atoms with Crippen molar-refractivity contribution in [1.29, 1.82) is 0 Å². The normalized spacial score (nSPS) is 12.0. The molecule has 0 aliphatic heterocycles. The minimum Gasteiger partial charge on any atom is -0.354 e. The van der Waals surface area contributed by atoms with E-state index in [1.54, 1.807) is 11.0 Å². The van der Waals surface area contributed by atoms with Gasteiger partial charge in [0.2, 0.25) is 21.8 Å². The summed E-state index contributed by atoms with van der Waals surface area (Å²) in [6, 6.07) is 24.0. The highest BCUT2D eigenvalue weighted by Gasteiger charge is 2.30. The van der Waals surface area contributed by atoms with Crippen LogP contribution in [0, 0.1) is 6.92 Å². The molecule has 0 heterocycles. The number of unbranched alkanes of at least 4 members (excludes halogenated alkanes) is 1. The third-order valence-corrected chi connectivity index (χ3v) is 8.47. The van der Waals surface area contributed by atoms with E-state index in [0.29, 0.717) is 25.1 Å². The van der Waals surface area contributed by atoms with Crippen molar-refractivity contribution in [3.05, 3.63) is 100 Å². The lowest BCUT2D eigenvalue weighted by atomic mass is 10.0. The summed E-state index contributed by atoms with van der Waals surface area (Å²) in [6.07, 6.45) is 3.75. The van der Waals surface area contributed by atoms with Crippen molar-refractivity contribution < 1.29 is 18.0 Å². The Morgan fingerprint density at radius 1 is 0.927 bits per heavy atom. The van der Waals surface area contributed by atoms with Crippen molar-refractivity contribution in [3.8, 4) is 0 Å². The molecule has 1 atom stereocenters. The van der Waals surface area contributed by atoms with E-state index in [-0.39, 0.29) is 31.3 Å². The molecular formula is C32H40BrN3O4S. The first-order valence-corrected chi connectivity index (χ1v) is 16.6. The number of hydrogen-bond acceptors (Lipinski definition) is 4. The lowest BCUT2D eigenvalue weighted by Crippen LogP contribution is -2.50. The molecule has 3 rings (SSSR count). The van der Waals surface area contributed by atoms with Gasteiger partial charge in [0, 0.05) is 36.9 Å². The van der Waals surface area contributed by atoms with Crippen molar-refractivity contribution in [2.45, 2.75) is 58.5 Å². The van der Waals surface area contributed by atoms with Gasteiger partial charge >= 0.3 is 0 Å². The molecule has 2 amide bonds. The number of hydrogen-bond donors (Lipinski definition) is 1. The molecule has 3 aromatic rings. The molecule has 3 aromatic carbocycles. The molecule has 0 saturated carbocycles. The maximum atomic E-state index is 13.9. The number of sulfonamides is 1. The molecule has 0 aliphatic rings. The molecular weight excluding hydrogens is 602 g/mol. The van der Waals surface area contributed by atoms with Crippen LogP contribution in [0.1, 0.15) is 49.3 Å². The number of benzene rings is 3. The summed E-state index contributed by atoms with van der Waals surface area (Å²) in [7, 11) is -3.55. The molecule has 0 bridgehead atoms. The van der Waals surface area contributed by atoms with Gasteiger partial charge in [-0.05, 0) is 60.7 Å². The fourth-order valence-corrected chi connectivity index (χ4v) is 6.08. The maximum Gasteiger partial charge on any atom is 0.243 e. The largest absolute Gasteiger partial charge is 0.354 e. The summed E-state index contributed by atoms with van der Waals surface area (Å²) in [5.74, 6) is -0.391. The van der Waals surface area contributed by atoms with E-state index in [2.05, 4.69) is 28.2 Å². The lowest BCUT2D eigenvalue weighted by molar-refractivity contribution is -0.141. The molecule has 0 radical (unpaired) electrons. The zero-order valence-corrected chi connectivity index (χ0v) is 26.5. The highest BCUT2D eigenvalue weighted by molar-refractivity contribution is 9.10. The third kappa shape index (κ3) is 10.3. The van der Waals surface area contributed by atoms with E-state index in [0.717, 1.165) is 34.0 Å². The van der Waals surface area contributed by atoms with Crippen LogP contribution in [0.3, 0.4) is 0 Å². The zero-order chi connectivity index (χ0) is 29.8. The standard InChI is InChI=1S/C32H40BrN3O4S/c1-4-5-19-34-32(38)30(23-26-13-7-6-8-14-26)35(24-27-15-10-16-28(33)22-27)31(37)18-11-20-36(41(3,39)40)29-17-9-12-25(2)21-29/h6-10,12-17,21-22,30H,4-5,11,18-20,23-24H2,1-3H3,(H,34,38)/t30-/m1/s1. The van der Waals surface area contributed by atoms with Gasteiger partial charge in [-0.15, -0.1) is 0 Å². The van der Waals surface area contributed by atoms with Crippen molar-refractivity contribution in [2.24, 2.45) is 0 Å². The predicted molar refractivity (Wildman–Crippen MR) is 169 cm³/mol. The molecule has 0 fully saturated rings. The Balaban J connectivity index is 1.87. The number of carbonyl (C=O) groups is 2. The second-order valence-electron chi connectivity index (χ2n) is 10.3. The van der Waals surface area contributed by atoms with Gasteiger partial charge < -0.3 is 10.2 Å². The first-order valence-electron chi connectivity index (χ1n) is 14.0. The highest BCUT2D eigenvalue weighted by atomic mass is 79.9. The van der Waals surface area contributed by atoms with Crippen LogP contribution in [0.25, 0.3) is 0 Å². The van der Waals surface area contributed by atoms with Gasteiger partial charge in [0.15, 0.2) is 0 Å².